The lowest BCUT2D eigenvalue weighted by atomic mass is 9.81. The van der Waals surface area contributed by atoms with Crippen LogP contribution in [0, 0.1) is 5.92 Å². The molecule has 132 valence electrons. The fourth-order valence-electron chi connectivity index (χ4n) is 4.14. The van der Waals surface area contributed by atoms with Crippen LogP contribution < -0.4 is 0 Å². The summed E-state index contributed by atoms with van der Waals surface area (Å²) >= 11 is 0. The SMILES string of the molecule is O[C@@H](c1cc(-c2ccccc2)cc(-c2ccccc2)c1)C1CCCCC1. The number of hydrogen-bond acceptors (Lipinski definition) is 1. The average molecular weight is 342 g/mol. The van der Waals surface area contributed by atoms with Crippen LogP contribution in [0.2, 0.25) is 0 Å². The summed E-state index contributed by atoms with van der Waals surface area (Å²) in [6, 6.07) is 27.5. The molecule has 1 fully saturated rings. The topological polar surface area (TPSA) is 20.2 Å². The van der Waals surface area contributed by atoms with Crippen LogP contribution in [0.5, 0.6) is 0 Å². The summed E-state index contributed by atoms with van der Waals surface area (Å²) in [5.41, 5.74) is 5.80. The van der Waals surface area contributed by atoms with E-state index in [2.05, 4.69) is 66.7 Å². The molecule has 1 aliphatic rings. The molecule has 0 radical (unpaired) electrons. The van der Waals surface area contributed by atoms with Gasteiger partial charge in [-0.15, -0.1) is 0 Å². The van der Waals surface area contributed by atoms with E-state index in [1.54, 1.807) is 0 Å². The zero-order valence-electron chi connectivity index (χ0n) is 15.1. The molecule has 0 amide bonds. The lowest BCUT2D eigenvalue weighted by Gasteiger charge is -2.27. The van der Waals surface area contributed by atoms with Crippen LogP contribution in [-0.2, 0) is 0 Å². The summed E-state index contributed by atoms with van der Waals surface area (Å²) in [4.78, 5) is 0. The van der Waals surface area contributed by atoms with Gasteiger partial charge in [0, 0.05) is 0 Å². The Bertz CT molecular complexity index is 775. The van der Waals surface area contributed by atoms with Crippen molar-refractivity contribution in [2.24, 2.45) is 5.92 Å². The number of aliphatic hydroxyl groups is 1. The van der Waals surface area contributed by atoms with E-state index in [0.29, 0.717) is 5.92 Å². The number of rotatable bonds is 4. The summed E-state index contributed by atoms with van der Waals surface area (Å²) in [7, 11) is 0. The molecule has 1 heteroatoms. The van der Waals surface area contributed by atoms with Gasteiger partial charge >= 0.3 is 0 Å². The van der Waals surface area contributed by atoms with Crippen LogP contribution in [0.25, 0.3) is 22.3 Å². The molecule has 0 bridgehead atoms. The molecule has 3 aromatic carbocycles. The van der Waals surface area contributed by atoms with Crippen LogP contribution in [0.1, 0.15) is 43.8 Å². The Kier molecular flexibility index (Phi) is 5.17. The quantitative estimate of drug-likeness (QED) is 0.564. The van der Waals surface area contributed by atoms with E-state index in [1.807, 2.05) is 12.1 Å². The minimum atomic E-state index is -0.374. The lowest BCUT2D eigenvalue weighted by Crippen LogP contribution is -2.16. The fourth-order valence-corrected chi connectivity index (χ4v) is 4.14. The molecule has 0 saturated heterocycles. The second kappa shape index (κ2) is 7.88. The maximum absolute atomic E-state index is 11.1. The summed E-state index contributed by atoms with van der Waals surface area (Å²) < 4.78 is 0. The van der Waals surface area contributed by atoms with Crippen LogP contribution in [0.15, 0.2) is 78.9 Å². The van der Waals surface area contributed by atoms with Gasteiger partial charge in [-0.25, -0.2) is 0 Å². The van der Waals surface area contributed by atoms with Gasteiger partial charge in [0.25, 0.3) is 0 Å². The Morgan fingerprint density at radius 3 is 1.62 bits per heavy atom. The van der Waals surface area contributed by atoms with Crippen LogP contribution in [-0.4, -0.2) is 5.11 Å². The van der Waals surface area contributed by atoms with Gasteiger partial charge in [0.05, 0.1) is 6.10 Å². The van der Waals surface area contributed by atoms with Crippen LogP contribution in [0.3, 0.4) is 0 Å². The number of hydrogen-bond donors (Lipinski definition) is 1. The maximum Gasteiger partial charge on any atom is 0.0818 e. The first-order chi connectivity index (χ1) is 12.8. The van der Waals surface area contributed by atoms with E-state index in [1.165, 1.54) is 41.5 Å². The summed E-state index contributed by atoms with van der Waals surface area (Å²) in [5.74, 6) is 0.387. The molecule has 0 spiro atoms. The molecule has 1 N–H and O–H groups in total. The molecule has 1 saturated carbocycles. The summed E-state index contributed by atoms with van der Waals surface area (Å²) in [6.07, 6.45) is 5.69. The monoisotopic (exact) mass is 342 g/mol. The Labute approximate surface area is 156 Å². The van der Waals surface area contributed by atoms with E-state index < -0.39 is 0 Å². The third-order valence-corrected chi connectivity index (χ3v) is 5.61. The standard InChI is InChI=1S/C25H26O/c26-25(21-14-8-3-9-15-21)24-17-22(19-10-4-1-5-11-19)16-23(18-24)20-12-6-2-7-13-20/h1-2,4-7,10-13,16-18,21,25-26H,3,8-9,14-15H2/t25-/m1/s1. The zero-order valence-corrected chi connectivity index (χ0v) is 15.1. The normalized spacial score (nSPS) is 16.3. The molecule has 1 atom stereocenters. The highest BCUT2D eigenvalue weighted by Gasteiger charge is 2.24. The fraction of sp³-hybridized carbons (Fsp3) is 0.280. The van der Waals surface area contributed by atoms with Crippen LogP contribution in [0.4, 0.5) is 0 Å². The molecule has 4 rings (SSSR count). The van der Waals surface area contributed by atoms with Crippen molar-refractivity contribution in [1.29, 1.82) is 0 Å². The van der Waals surface area contributed by atoms with E-state index in [0.717, 1.165) is 18.4 Å². The predicted molar refractivity (Wildman–Crippen MR) is 109 cm³/mol. The summed E-state index contributed by atoms with van der Waals surface area (Å²) in [5, 5.41) is 11.1. The first-order valence-corrected chi connectivity index (χ1v) is 9.75. The van der Waals surface area contributed by atoms with Crippen molar-refractivity contribution in [3.8, 4) is 22.3 Å². The Balaban J connectivity index is 1.77. The number of aliphatic hydroxyl groups excluding tert-OH is 1. The van der Waals surface area contributed by atoms with Crippen molar-refractivity contribution < 1.29 is 5.11 Å². The molecule has 0 unspecified atom stereocenters. The van der Waals surface area contributed by atoms with Gasteiger partial charge in [-0.2, -0.15) is 0 Å². The second-order valence-corrected chi connectivity index (χ2v) is 7.42. The molecule has 0 aromatic heterocycles. The van der Waals surface area contributed by atoms with Crippen molar-refractivity contribution in [2.75, 3.05) is 0 Å². The van der Waals surface area contributed by atoms with Gasteiger partial charge in [-0.05, 0) is 64.8 Å². The van der Waals surface area contributed by atoms with Gasteiger partial charge in [0.15, 0.2) is 0 Å². The van der Waals surface area contributed by atoms with Crippen molar-refractivity contribution in [1.82, 2.24) is 0 Å². The van der Waals surface area contributed by atoms with E-state index in [9.17, 15) is 5.11 Å². The van der Waals surface area contributed by atoms with Gasteiger partial charge in [-0.3, -0.25) is 0 Å². The molecule has 26 heavy (non-hydrogen) atoms. The van der Waals surface area contributed by atoms with Crippen molar-refractivity contribution >= 4 is 0 Å². The van der Waals surface area contributed by atoms with Crippen LogP contribution >= 0.6 is 0 Å². The average Bonchev–Trinajstić information content (AvgIpc) is 2.75. The summed E-state index contributed by atoms with van der Waals surface area (Å²) in [6.45, 7) is 0. The molecule has 1 nitrogen and oxygen atoms in total. The van der Waals surface area contributed by atoms with Crippen molar-refractivity contribution in [3.05, 3.63) is 84.4 Å². The van der Waals surface area contributed by atoms with Gasteiger partial charge in [-0.1, -0.05) is 79.9 Å². The molecule has 3 aromatic rings. The third-order valence-electron chi connectivity index (χ3n) is 5.61. The van der Waals surface area contributed by atoms with Crippen molar-refractivity contribution in [2.45, 2.75) is 38.2 Å². The predicted octanol–water partition coefficient (Wildman–Crippen LogP) is 6.63. The third kappa shape index (κ3) is 3.73. The minimum Gasteiger partial charge on any atom is -0.388 e. The largest absolute Gasteiger partial charge is 0.388 e. The Hall–Kier alpha value is -2.38. The first-order valence-electron chi connectivity index (χ1n) is 9.75. The van der Waals surface area contributed by atoms with E-state index in [4.69, 9.17) is 0 Å². The second-order valence-electron chi connectivity index (χ2n) is 7.42. The Morgan fingerprint density at radius 2 is 1.12 bits per heavy atom. The smallest absolute Gasteiger partial charge is 0.0818 e. The van der Waals surface area contributed by atoms with Gasteiger partial charge in [0.1, 0.15) is 0 Å². The molecule has 0 aliphatic heterocycles. The van der Waals surface area contributed by atoms with Gasteiger partial charge in [0.2, 0.25) is 0 Å². The van der Waals surface area contributed by atoms with E-state index >= 15 is 0 Å². The lowest BCUT2D eigenvalue weighted by molar-refractivity contribution is 0.0849. The molecular weight excluding hydrogens is 316 g/mol. The number of benzene rings is 3. The highest BCUT2D eigenvalue weighted by Crippen LogP contribution is 2.37. The minimum absolute atomic E-state index is 0.374. The van der Waals surface area contributed by atoms with E-state index in [-0.39, 0.29) is 6.10 Å². The highest BCUT2D eigenvalue weighted by atomic mass is 16.3. The van der Waals surface area contributed by atoms with Crippen molar-refractivity contribution in [3.63, 3.8) is 0 Å². The first kappa shape index (κ1) is 17.1. The molecule has 1 aliphatic carbocycles. The van der Waals surface area contributed by atoms with Gasteiger partial charge < -0.3 is 5.11 Å². The Morgan fingerprint density at radius 1 is 0.615 bits per heavy atom. The zero-order chi connectivity index (χ0) is 17.8. The maximum atomic E-state index is 11.1. The highest BCUT2D eigenvalue weighted by molar-refractivity contribution is 5.74. The molecule has 0 heterocycles. The molecular formula is C25H26O.